The standard InChI is InChI=1S/CH2O3.NO3.2Y/c2*2-1(3)4;;/h(H2,2,3,4);;;/q;-1;2*+3/p-2. The predicted octanol–water partition coefficient (Wildman–Crippen LogP) is -2.69. The molecule has 0 saturated carbocycles. The van der Waals surface area contributed by atoms with Crippen LogP contribution in [0.1, 0.15) is 0 Å². The molecule has 0 heterocycles. The van der Waals surface area contributed by atoms with Crippen LogP contribution in [0.3, 0.4) is 0 Å². The molecule has 0 bridgehead atoms. The summed E-state index contributed by atoms with van der Waals surface area (Å²) in [6.45, 7) is 0. The van der Waals surface area contributed by atoms with E-state index in [0.717, 1.165) is 0 Å². The molecular formula is CNO6Y2+3. The van der Waals surface area contributed by atoms with E-state index >= 15 is 0 Å². The zero-order valence-corrected chi connectivity index (χ0v) is 10.2. The summed E-state index contributed by atoms with van der Waals surface area (Å²) in [4.78, 5) is 16.6. The molecule has 9 heteroatoms. The minimum atomic E-state index is -2.33. The van der Waals surface area contributed by atoms with Gasteiger partial charge in [-0.05, 0) is 6.16 Å². The predicted molar refractivity (Wildman–Crippen MR) is 15.8 cm³/mol. The summed E-state index contributed by atoms with van der Waals surface area (Å²) in [5, 5.41) is 31.4. The number of hydrogen-bond acceptors (Lipinski definition) is 6. The second-order valence-corrected chi connectivity index (χ2v) is 0.474. The molecule has 0 N–H and O–H groups in total. The average molecular weight is 300 g/mol. The first kappa shape index (κ1) is 22.4. The van der Waals surface area contributed by atoms with Gasteiger partial charge in [0.15, 0.2) is 0 Å². The monoisotopic (exact) mass is 300 g/mol. The van der Waals surface area contributed by atoms with Gasteiger partial charge in [0.1, 0.15) is 0 Å². The fourth-order valence-corrected chi connectivity index (χ4v) is 0. The molecule has 0 aliphatic carbocycles. The third-order valence-electron chi connectivity index (χ3n) is 0. The summed E-state index contributed by atoms with van der Waals surface area (Å²) >= 11 is 0. The van der Waals surface area contributed by atoms with Crippen molar-refractivity contribution in [3.8, 4) is 0 Å². The second kappa shape index (κ2) is 16.3. The van der Waals surface area contributed by atoms with Crippen molar-refractivity contribution in [2.45, 2.75) is 0 Å². The molecule has 0 aliphatic heterocycles. The number of carbonyl (C=O) groups excluding carboxylic acids is 1. The van der Waals surface area contributed by atoms with Crippen LogP contribution in [-0.2, 0) is 65.4 Å². The van der Waals surface area contributed by atoms with Gasteiger partial charge in [0.2, 0.25) is 0 Å². The number of carbonyl (C=O) groups is 1. The van der Waals surface area contributed by atoms with Crippen LogP contribution in [0.25, 0.3) is 0 Å². The molecule has 0 saturated heterocycles. The first-order chi connectivity index (χ1) is 3.46. The maximum atomic E-state index is 8.33. The Balaban J connectivity index is -0.0000000300. The molecule has 0 fully saturated rings. The summed E-state index contributed by atoms with van der Waals surface area (Å²) in [6.07, 6.45) is -2.33. The molecule has 0 aromatic carbocycles. The van der Waals surface area contributed by atoms with Crippen LogP contribution in [-0.4, -0.2) is 11.2 Å². The van der Waals surface area contributed by atoms with E-state index in [9.17, 15) is 0 Å². The number of hydrogen-bond donors (Lipinski definition) is 0. The van der Waals surface area contributed by atoms with Gasteiger partial charge >= 0.3 is 65.4 Å². The van der Waals surface area contributed by atoms with E-state index in [1.165, 1.54) is 0 Å². The van der Waals surface area contributed by atoms with Gasteiger partial charge in [0.25, 0.3) is 0 Å². The molecule has 0 unspecified atom stereocenters. The smallest absolute Gasteiger partial charge is 0.652 e. The van der Waals surface area contributed by atoms with Crippen LogP contribution >= 0.6 is 0 Å². The summed E-state index contributed by atoms with van der Waals surface area (Å²) in [6, 6.07) is 0. The van der Waals surface area contributed by atoms with Gasteiger partial charge in [-0.2, -0.15) is 0 Å². The molecule has 10 heavy (non-hydrogen) atoms. The van der Waals surface area contributed by atoms with Gasteiger partial charge in [0, 0.05) is 0 Å². The van der Waals surface area contributed by atoms with E-state index in [2.05, 4.69) is 0 Å². The fourth-order valence-electron chi connectivity index (χ4n) is 0. The Hall–Kier alpha value is 0.678. The van der Waals surface area contributed by atoms with Crippen molar-refractivity contribution >= 4 is 6.16 Å². The topological polar surface area (TPSA) is 129 Å². The third-order valence-corrected chi connectivity index (χ3v) is 0. The molecule has 48 valence electrons. The van der Waals surface area contributed by atoms with Crippen LogP contribution in [0, 0.1) is 15.3 Å². The van der Waals surface area contributed by atoms with E-state index in [1.807, 2.05) is 0 Å². The maximum absolute atomic E-state index is 8.33. The number of nitrogens with zero attached hydrogens (tertiary/aromatic N) is 1. The van der Waals surface area contributed by atoms with Crippen molar-refractivity contribution in [1.82, 2.24) is 0 Å². The van der Waals surface area contributed by atoms with E-state index in [4.69, 9.17) is 30.3 Å². The van der Waals surface area contributed by atoms with Crippen molar-refractivity contribution in [3.05, 3.63) is 15.3 Å². The van der Waals surface area contributed by atoms with Crippen LogP contribution in [0.5, 0.6) is 0 Å². The summed E-state index contributed by atoms with van der Waals surface area (Å²) in [5.74, 6) is 0. The molecular weight excluding hydrogens is 300 g/mol. The first-order valence-electron chi connectivity index (χ1n) is 1.16. The third kappa shape index (κ3) is 1110. The fraction of sp³-hybridized carbons (Fsp3) is 0. The van der Waals surface area contributed by atoms with E-state index in [0.29, 0.717) is 0 Å². The number of carboxylic acid groups (broad SMARTS) is 2. The minimum Gasteiger partial charge on any atom is -0.652 e. The van der Waals surface area contributed by atoms with Gasteiger partial charge in [-0.25, -0.2) is 0 Å². The van der Waals surface area contributed by atoms with Crippen LogP contribution < -0.4 is 10.2 Å². The Morgan fingerprint density at radius 2 is 1.10 bits per heavy atom. The van der Waals surface area contributed by atoms with E-state index in [1.54, 1.807) is 0 Å². The van der Waals surface area contributed by atoms with Crippen molar-refractivity contribution in [2.75, 3.05) is 0 Å². The quantitative estimate of drug-likeness (QED) is 0.354. The van der Waals surface area contributed by atoms with Crippen LogP contribution in [0.2, 0.25) is 0 Å². The van der Waals surface area contributed by atoms with Gasteiger partial charge in [-0.15, -0.1) is 0 Å². The Labute approximate surface area is 106 Å². The minimum absolute atomic E-state index is 0. The molecule has 0 radical (unpaired) electrons. The van der Waals surface area contributed by atoms with Gasteiger partial charge in [-0.3, -0.25) is 0 Å². The van der Waals surface area contributed by atoms with Gasteiger partial charge < -0.3 is 30.3 Å². The summed E-state index contributed by atoms with van der Waals surface area (Å²) in [5.41, 5.74) is 0. The largest absolute Gasteiger partial charge is 3.00 e. The molecule has 0 amide bonds. The molecule has 0 atom stereocenters. The molecule has 7 nitrogen and oxygen atoms in total. The molecule has 0 aromatic rings. The molecule has 0 aromatic heterocycles. The Kier molecular flexibility index (Phi) is 36.7. The maximum Gasteiger partial charge on any atom is 3.00 e. The molecule has 0 spiro atoms. The van der Waals surface area contributed by atoms with Crippen molar-refractivity contribution < 1.29 is 85.5 Å². The van der Waals surface area contributed by atoms with Crippen molar-refractivity contribution in [3.63, 3.8) is 0 Å². The molecule has 0 rings (SSSR count). The van der Waals surface area contributed by atoms with Crippen molar-refractivity contribution in [2.24, 2.45) is 0 Å². The Morgan fingerprint density at radius 1 is 1.10 bits per heavy atom. The number of rotatable bonds is 0. The zero-order valence-electron chi connectivity index (χ0n) is 4.55. The molecule has 0 aliphatic rings. The van der Waals surface area contributed by atoms with Gasteiger partial charge in [-0.1, -0.05) is 0 Å². The van der Waals surface area contributed by atoms with Gasteiger partial charge in [0.05, 0.1) is 5.09 Å². The average Bonchev–Trinajstić information content (AvgIpc) is 1.25. The summed E-state index contributed by atoms with van der Waals surface area (Å²) < 4.78 is 0. The second-order valence-electron chi connectivity index (χ2n) is 0.474. The normalized spacial score (nSPS) is 4.80. The Bertz CT molecular complexity index is 73.7. The van der Waals surface area contributed by atoms with Crippen LogP contribution in [0.15, 0.2) is 0 Å². The van der Waals surface area contributed by atoms with Crippen LogP contribution in [0.4, 0.5) is 4.79 Å². The summed E-state index contributed by atoms with van der Waals surface area (Å²) in [7, 11) is 0. The van der Waals surface area contributed by atoms with E-state index < -0.39 is 11.2 Å². The SMILES string of the molecule is O=C([O-])[O-].O=[N+]([O-])[O-].[Y+3].[Y+3]. The Morgan fingerprint density at radius 3 is 1.10 bits per heavy atom. The zero-order chi connectivity index (χ0) is 7.15. The first-order valence-corrected chi connectivity index (χ1v) is 1.16. The van der Waals surface area contributed by atoms with Crippen molar-refractivity contribution in [1.29, 1.82) is 0 Å². The van der Waals surface area contributed by atoms with E-state index in [-0.39, 0.29) is 65.4 Å².